The van der Waals surface area contributed by atoms with Crippen LogP contribution < -0.4 is 5.32 Å². The van der Waals surface area contributed by atoms with Gasteiger partial charge >= 0.3 is 18.0 Å². The molecule has 1 N–H and O–H groups in total. The van der Waals surface area contributed by atoms with Crippen LogP contribution in [0.15, 0.2) is 0 Å². The van der Waals surface area contributed by atoms with E-state index in [0.717, 1.165) is 0 Å². The molecule has 27 heavy (non-hydrogen) atoms. The van der Waals surface area contributed by atoms with Crippen LogP contribution in [0.1, 0.15) is 68.1 Å². The number of nitrogens with one attached hydrogen (secondary N) is 1. The Balaban J connectivity index is 3.04. The van der Waals surface area contributed by atoms with Crippen LogP contribution in [0.4, 0.5) is 4.79 Å². The highest BCUT2D eigenvalue weighted by molar-refractivity contribution is 5.96. The van der Waals surface area contributed by atoms with Crippen molar-refractivity contribution in [2.24, 2.45) is 0 Å². The molecule has 0 atom stereocenters. The van der Waals surface area contributed by atoms with Gasteiger partial charge in [-0.25, -0.2) is 14.4 Å². The molecule has 0 saturated carbocycles. The number of amides is 1. The van der Waals surface area contributed by atoms with Crippen LogP contribution in [-0.4, -0.2) is 53.2 Å². The summed E-state index contributed by atoms with van der Waals surface area (Å²) < 4.78 is 16.6. The van der Waals surface area contributed by atoms with E-state index in [9.17, 15) is 14.4 Å². The van der Waals surface area contributed by atoms with Crippen molar-refractivity contribution >= 4 is 18.0 Å². The Hall–Kier alpha value is -2.58. The van der Waals surface area contributed by atoms with Gasteiger partial charge in [-0.3, -0.25) is 4.68 Å². The van der Waals surface area contributed by atoms with E-state index in [2.05, 4.69) is 10.4 Å². The van der Waals surface area contributed by atoms with Crippen molar-refractivity contribution in [3.8, 4) is 0 Å². The van der Waals surface area contributed by atoms with E-state index in [1.165, 1.54) is 4.68 Å². The molecule has 0 bridgehead atoms. The van der Waals surface area contributed by atoms with E-state index in [1.807, 2.05) is 6.92 Å². The molecule has 1 aromatic heterocycles. The van der Waals surface area contributed by atoms with Crippen molar-refractivity contribution < 1.29 is 28.6 Å². The highest BCUT2D eigenvalue weighted by Crippen LogP contribution is 2.18. The van der Waals surface area contributed by atoms with Gasteiger partial charge in [0.15, 0.2) is 11.4 Å². The molecule has 152 valence electrons. The Morgan fingerprint density at radius 2 is 1.63 bits per heavy atom. The number of hydrogen-bond acceptors (Lipinski definition) is 7. The first-order valence-electron chi connectivity index (χ1n) is 9.05. The van der Waals surface area contributed by atoms with E-state index in [4.69, 9.17) is 14.2 Å². The van der Waals surface area contributed by atoms with Crippen molar-refractivity contribution in [1.82, 2.24) is 15.1 Å². The van der Waals surface area contributed by atoms with Gasteiger partial charge in [-0.2, -0.15) is 5.10 Å². The van der Waals surface area contributed by atoms with Crippen molar-refractivity contribution in [3.63, 3.8) is 0 Å². The molecule has 0 spiro atoms. The second-order valence-corrected chi connectivity index (χ2v) is 6.62. The zero-order valence-electron chi connectivity index (χ0n) is 16.9. The maximum Gasteiger partial charge on any atom is 0.407 e. The number of ether oxygens (including phenoxy) is 3. The minimum absolute atomic E-state index is 0.0830. The molecule has 0 saturated heterocycles. The maximum absolute atomic E-state index is 12.4. The summed E-state index contributed by atoms with van der Waals surface area (Å²) in [6.45, 7) is 11.2. The van der Waals surface area contributed by atoms with Gasteiger partial charge in [0.05, 0.1) is 19.8 Å². The molecule has 0 aliphatic rings. The molecular weight excluding hydrogens is 354 g/mol. The van der Waals surface area contributed by atoms with Crippen LogP contribution >= 0.6 is 0 Å². The van der Waals surface area contributed by atoms with E-state index >= 15 is 0 Å². The third-order valence-electron chi connectivity index (χ3n) is 3.33. The Bertz CT molecular complexity index is 675. The number of rotatable bonds is 8. The lowest BCUT2D eigenvalue weighted by Crippen LogP contribution is -2.34. The third-order valence-corrected chi connectivity index (χ3v) is 3.33. The lowest BCUT2D eigenvalue weighted by atomic mass is 10.1. The molecule has 1 heterocycles. The molecule has 1 rings (SSSR count). The summed E-state index contributed by atoms with van der Waals surface area (Å²) in [4.78, 5) is 36.3. The molecule has 0 radical (unpaired) electrons. The van der Waals surface area contributed by atoms with Crippen molar-refractivity contribution in [2.75, 3.05) is 19.8 Å². The predicted molar refractivity (Wildman–Crippen MR) is 97.8 cm³/mol. The smallest absolute Gasteiger partial charge is 0.407 e. The standard InChI is InChI=1S/C18H29N3O6/c1-7-12-13(15(22)25-8-2)20-21(14(12)16(23)26-9-3)11-10-19-17(24)27-18(4,5)6/h7-11H2,1-6H3,(H,19,24). The summed E-state index contributed by atoms with van der Waals surface area (Å²) in [6, 6.07) is 0. The number of alkyl carbamates (subject to hydrolysis) is 1. The van der Waals surface area contributed by atoms with Gasteiger partial charge in [-0.1, -0.05) is 6.92 Å². The van der Waals surface area contributed by atoms with Gasteiger partial charge in [-0.15, -0.1) is 0 Å². The Kier molecular flexibility index (Phi) is 8.27. The van der Waals surface area contributed by atoms with Crippen LogP contribution in [0.5, 0.6) is 0 Å². The number of carbonyl (C=O) groups excluding carboxylic acids is 3. The van der Waals surface area contributed by atoms with E-state index in [0.29, 0.717) is 12.0 Å². The maximum atomic E-state index is 12.4. The van der Waals surface area contributed by atoms with Crippen molar-refractivity contribution in [2.45, 2.75) is 60.1 Å². The van der Waals surface area contributed by atoms with Crippen LogP contribution in [0.3, 0.4) is 0 Å². The topological polar surface area (TPSA) is 109 Å². The molecule has 9 nitrogen and oxygen atoms in total. The van der Waals surface area contributed by atoms with Gasteiger partial charge in [0.1, 0.15) is 5.60 Å². The van der Waals surface area contributed by atoms with Crippen LogP contribution in [0.2, 0.25) is 0 Å². The molecule has 1 amide bonds. The van der Waals surface area contributed by atoms with Crippen LogP contribution in [0.25, 0.3) is 0 Å². The molecule has 0 aromatic carbocycles. The predicted octanol–water partition coefficient (Wildman–Crippen LogP) is 2.32. The van der Waals surface area contributed by atoms with E-state index in [1.54, 1.807) is 34.6 Å². The highest BCUT2D eigenvalue weighted by Gasteiger charge is 2.27. The van der Waals surface area contributed by atoms with Crippen molar-refractivity contribution in [3.05, 3.63) is 17.0 Å². The Labute approximate surface area is 159 Å². The average molecular weight is 383 g/mol. The molecular formula is C18H29N3O6. The quantitative estimate of drug-likeness (QED) is 0.542. The van der Waals surface area contributed by atoms with Crippen LogP contribution in [-0.2, 0) is 27.2 Å². The number of carbonyl (C=O) groups is 3. The summed E-state index contributed by atoms with van der Waals surface area (Å²) in [5.74, 6) is -1.17. The monoisotopic (exact) mass is 383 g/mol. The summed E-state index contributed by atoms with van der Waals surface area (Å²) in [7, 11) is 0. The van der Waals surface area contributed by atoms with Gasteiger partial charge < -0.3 is 19.5 Å². The normalized spacial score (nSPS) is 11.0. The summed E-state index contributed by atoms with van der Waals surface area (Å²) in [5.41, 5.74) is 0.121. The zero-order valence-corrected chi connectivity index (χ0v) is 16.9. The number of hydrogen-bond donors (Lipinski definition) is 1. The first kappa shape index (κ1) is 22.5. The van der Waals surface area contributed by atoms with Gasteiger partial charge in [0, 0.05) is 12.1 Å². The fourth-order valence-electron chi connectivity index (χ4n) is 2.37. The summed E-state index contributed by atoms with van der Waals surface area (Å²) >= 11 is 0. The lowest BCUT2D eigenvalue weighted by Gasteiger charge is -2.19. The molecule has 0 unspecified atom stereocenters. The minimum Gasteiger partial charge on any atom is -0.461 e. The average Bonchev–Trinajstić information content (AvgIpc) is 2.92. The Morgan fingerprint density at radius 3 is 2.15 bits per heavy atom. The Morgan fingerprint density at radius 1 is 1.04 bits per heavy atom. The van der Waals surface area contributed by atoms with E-state index < -0.39 is 23.6 Å². The van der Waals surface area contributed by atoms with Gasteiger partial charge in [0.25, 0.3) is 0 Å². The largest absolute Gasteiger partial charge is 0.461 e. The van der Waals surface area contributed by atoms with Crippen molar-refractivity contribution in [1.29, 1.82) is 0 Å². The molecule has 1 aromatic rings. The second kappa shape index (κ2) is 9.94. The van der Waals surface area contributed by atoms with Gasteiger partial charge in [-0.05, 0) is 41.0 Å². The molecule has 0 aliphatic carbocycles. The fraction of sp³-hybridized carbons (Fsp3) is 0.667. The van der Waals surface area contributed by atoms with Gasteiger partial charge in [0.2, 0.25) is 0 Å². The highest BCUT2D eigenvalue weighted by atomic mass is 16.6. The first-order valence-corrected chi connectivity index (χ1v) is 9.05. The SMILES string of the molecule is CCOC(=O)c1nn(CCNC(=O)OC(C)(C)C)c(C(=O)OCC)c1CC. The third kappa shape index (κ3) is 6.58. The lowest BCUT2D eigenvalue weighted by molar-refractivity contribution is 0.0501. The first-order chi connectivity index (χ1) is 12.6. The summed E-state index contributed by atoms with van der Waals surface area (Å²) in [6.07, 6.45) is -0.171. The number of nitrogens with zero attached hydrogens (tertiary/aromatic N) is 2. The molecule has 0 aliphatic heterocycles. The summed E-state index contributed by atoms with van der Waals surface area (Å²) in [5, 5.41) is 6.82. The number of aromatic nitrogens is 2. The minimum atomic E-state index is -0.613. The molecule has 0 fully saturated rings. The zero-order chi connectivity index (χ0) is 20.6. The number of esters is 2. The second-order valence-electron chi connectivity index (χ2n) is 6.62. The fourth-order valence-corrected chi connectivity index (χ4v) is 2.37. The van der Waals surface area contributed by atoms with E-state index in [-0.39, 0.29) is 37.7 Å². The van der Waals surface area contributed by atoms with Crippen LogP contribution in [0, 0.1) is 0 Å². The molecule has 9 heteroatoms.